The lowest BCUT2D eigenvalue weighted by Crippen LogP contribution is -2.48. The lowest BCUT2D eigenvalue weighted by molar-refractivity contribution is 0.0974. The molecule has 4 heteroatoms. The van der Waals surface area contributed by atoms with Crippen LogP contribution >= 0.6 is 0 Å². The zero-order valence-electron chi connectivity index (χ0n) is 12.5. The fourth-order valence-electron chi connectivity index (χ4n) is 3.01. The van der Waals surface area contributed by atoms with Gasteiger partial charge in [0.05, 0.1) is 5.69 Å². The van der Waals surface area contributed by atoms with E-state index in [9.17, 15) is 0 Å². The third-order valence-corrected chi connectivity index (χ3v) is 4.54. The molecule has 108 valence electrons. The number of aromatic nitrogens is 2. The Balaban J connectivity index is 2.01. The van der Waals surface area contributed by atoms with Crippen LogP contribution in [0.1, 0.15) is 51.8 Å². The van der Waals surface area contributed by atoms with Gasteiger partial charge in [0.25, 0.3) is 0 Å². The molecule has 3 atom stereocenters. The minimum Gasteiger partial charge on any atom is -0.329 e. The first-order chi connectivity index (χ1) is 9.15. The molecule has 2 heterocycles. The summed E-state index contributed by atoms with van der Waals surface area (Å²) in [5.74, 6) is 0.704. The van der Waals surface area contributed by atoms with Crippen LogP contribution in [0.25, 0.3) is 0 Å². The third-order valence-electron chi connectivity index (χ3n) is 4.54. The summed E-state index contributed by atoms with van der Waals surface area (Å²) in [5, 5.41) is 4.70. The molecule has 1 aromatic heterocycles. The zero-order valence-corrected chi connectivity index (χ0v) is 12.5. The topological polar surface area (TPSA) is 47.1 Å². The van der Waals surface area contributed by atoms with Gasteiger partial charge in [-0.05, 0) is 44.7 Å². The molecule has 2 rings (SSSR count). The molecule has 0 spiro atoms. The van der Waals surface area contributed by atoms with Crippen LogP contribution < -0.4 is 5.73 Å². The lowest BCUT2D eigenvalue weighted by atomic mass is 9.91. The molecule has 0 saturated carbocycles. The van der Waals surface area contributed by atoms with Crippen LogP contribution in [0, 0.1) is 5.92 Å². The first-order valence-electron chi connectivity index (χ1n) is 7.63. The van der Waals surface area contributed by atoms with Crippen molar-refractivity contribution < 1.29 is 0 Å². The van der Waals surface area contributed by atoms with Crippen molar-refractivity contribution in [2.75, 3.05) is 13.1 Å². The molecule has 0 aliphatic carbocycles. The summed E-state index contributed by atoms with van der Waals surface area (Å²) >= 11 is 0. The molecular formula is C15H28N4. The van der Waals surface area contributed by atoms with Crippen LogP contribution in [0.5, 0.6) is 0 Å². The van der Waals surface area contributed by atoms with E-state index in [1.807, 2.05) is 0 Å². The first kappa shape index (κ1) is 14.5. The van der Waals surface area contributed by atoms with Crippen LogP contribution in [-0.2, 0) is 6.54 Å². The van der Waals surface area contributed by atoms with Crippen LogP contribution in [0.3, 0.4) is 0 Å². The predicted octanol–water partition coefficient (Wildman–Crippen LogP) is 2.41. The molecule has 1 aliphatic heterocycles. The van der Waals surface area contributed by atoms with E-state index in [0.29, 0.717) is 18.0 Å². The van der Waals surface area contributed by atoms with E-state index in [-0.39, 0.29) is 0 Å². The SMILES string of the molecule is CCC(C)n1ccc(CN2CCCC(C)C2CN)n1. The van der Waals surface area contributed by atoms with E-state index in [4.69, 9.17) is 10.8 Å². The number of hydrogen-bond acceptors (Lipinski definition) is 3. The molecule has 1 aliphatic rings. The van der Waals surface area contributed by atoms with Crippen molar-refractivity contribution in [1.82, 2.24) is 14.7 Å². The second-order valence-electron chi connectivity index (χ2n) is 5.94. The van der Waals surface area contributed by atoms with Gasteiger partial charge < -0.3 is 5.73 Å². The number of nitrogens with two attached hydrogens (primary N) is 1. The smallest absolute Gasteiger partial charge is 0.0765 e. The molecular weight excluding hydrogens is 236 g/mol. The van der Waals surface area contributed by atoms with E-state index >= 15 is 0 Å². The monoisotopic (exact) mass is 264 g/mol. The van der Waals surface area contributed by atoms with Gasteiger partial charge in [-0.3, -0.25) is 9.58 Å². The minimum absolute atomic E-state index is 0.485. The Kier molecular flexibility index (Phi) is 4.99. The van der Waals surface area contributed by atoms with Gasteiger partial charge in [-0.2, -0.15) is 5.10 Å². The first-order valence-corrected chi connectivity index (χ1v) is 7.63. The molecule has 4 nitrogen and oxygen atoms in total. The normalized spacial score (nSPS) is 26.5. The number of piperidine rings is 1. The highest BCUT2D eigenvalue weighted by Gasteiger charge is 2.27. The van der Waals surface area contributed by atoms with E-state index < -0.39 is 0 Å². The lowest BCUT2D eigenvalue weighted by Gasteiger charge is -2.39. The summed E-state index contributed by atoms with van der Waals surface area (Å²) in [6.07, 6.45) is 5.81. The maximum Gasteiger partial charge on any atom is 0.0765 e. The summed E-state index contributed by atoms with van der Waals surface area (Å²) < 4.78 is 2.08. The summed E-state index contributed by atoms with van der Waals surface area (Å²) in [4.78, 5) is 2.51. The summed E-state index contributed by atoms with van der Waals surface area (Å²) in [6.45, 7) is 9.58. The number of nitrogens with zero attached hydrogens (tertiary/aromatic N) is 3. The van der Waals surface area contributed by atoms with Crippen LogP contribution in [0.2, 0.25) is 0 Å². The Labute approximate surface area is 117 Å². The van der Waals surface area contributed by atoms with Crippen molar-refractivity contribution in [2.24, 2.45) is 11.7 Å². The third kappa shape index (κ3) is 3.37. The zero-order chi connectivity index (χ0) is 13.8. The Morgan fingerprint density at radius 2 is 2.32 bits per heavy atom. The highest BCUT2D eigenvalue weighted by molar-refractivity contribution is 5.01. The Morgan fingerprint density at radius 1 is 1.53 bits per heavy atom. The number of hydrogen-bond donors (Lipinski definition) is 1. The molecule has 1 fully saturated rings. The molecule has 2 N–H and O–H groups in total. The Morgan fingerprint density at radius 3 is 3.00 bits per heavy atom. The maximum absolute atomic E-state index is 5.95. The van der Waals surface area contributed by atoms with Gasteiger partial charge in [0.1, 0.15) is 0 Å². The van der Waals surface area contributed by atoms with Gasteiger partial charge >= 0.3 is 0 Å². The molecule has 0 radical (unpaired) electrons. The number of rotatable bonds is 5. The van der Waals surface area contributed by atoms with Gasteiger partial charge in [-0.15, -0.1) is 0 Å². The van der Waals surface area contributed by atoms with E-state index in [0.717, 1.165) is 26.1 Å². The van der Waals surface area contributed by atoms with Crippen molar-refractivity contribution in [3.8, 4) is 0 Å². The highest BCUT2D eigenvalue weighted by Crippen LogP contribution is 2.24. The molecule has 0 amide bonds. The van der Waals surface area contributed by atoms with Gasteiger partial charge in [-0.1, -0.05) is 13.8 Å². The summed E-state index contributed by atoms with van der Waals surface area (Å²) in [7, 11) is 0. The summed E-state index contributed by atoms with van der Waals surface area (Å²) in [5.41, 5.74) is 7.12. The van der Waals surface area contributed by atoms with Gasteiger partial charge in [0, 0.05) is 31.4 Å². The van der Waals surface area contributed by atoms with Crippen molar-refractivity contribution >= 4 is 0 Å². The van der Waals surface area contributed by atoms with Crippen molar-refractivity contribution in [3.05, 3.63) is 18.0 Å². The quantitative estimate of drug-likeness (QED) is 0.888. The molecule has 0 bridgehead atoms. The molecule has 19 heavy (non-hydrogen) atoms. The molecule has 1 saturated heterocycles. The van der Waals surface area contributed by atoms with Crippen molar-refractivity contribution in [2.45, 2.75) is 58.7 Å². The van der Waals surface area contributed by atoms with Gasteiger partial charge in [0.2, 0.25) is 0 Å². The molecule has 0 aromatic carbocycles. The average molecular weight is 264 g/mol. The average Bonchev–Trinajstić information content (AvgIpc) is 2.87. The summed E-state index contributed by atoms with van der Waals surface area (Å²) in [6, 6.07) is 3.15. The Hall–Kier alpha value is -0.870. The van der Waals surface area contributed by atoms with Crippen LogP contribution in [0.4, 0.5) is 0 Å². The second-order valence-corrected chi connectivity index (χ2v) is 5.94. The second kappa shape index (κ2) is 6.53. The van der Waals surface area contributed by atoms with E-state index in [1.165, 1.54) is 18.5 Å². The minimum atomic E-state index is 0.485. The van der Waals surface area contributed by atoms with Crippen molar-refractivity contribution in [1.29, 1.82) is 0 Å². The van der Waals surface area contributed by atoms with Crippen molar-refractivity contribution in [3.63, 3.8) is 0 Å². The fourth-order valence-corrected chi connectivity index (χ4v) is 3.01. The van der Waals surface area contributed by atoms with Gasteiger partial charge in [-0.25, -0.2) is 0 Å². The predicted molar refractivity (Wildman–Crippen MR) is 78.9 cm³/mol. The Bertz CT molecular complexity index is 387. The van der Waals surface area contributed by atoms with E-state index in [2.05, 4.69) is 42.6 Å². The van der Waals surface area contributed by atoms with Crippen LogP contribution in [0.15, 0.2) is 12.3 Å². The number of likely N-dealkylation sites (tertiary alicyclic amines) is 1. The standard InChI is InChI=1S/C15H28N4/c1-4-13(3)19-9-7-14(17-19)11-18-8-5-6-12(2)15(18)10-16/h7,9,12-13,15H,4-6,8,10-11,16H2,1-3H3. The largest absolute Gasteiger partial charge is 0.329 e. The molecule has 3 unspecified atom stereocenters. The van der Waals surface area contributed by atoms with E-state index in [1.54, 1.807) is 0 Å². The molecule has 1 aromatic rings. The van der Waals surface area contributed by atoms with Crippen LogP contribution in [-0.4, -0.2) is 33.8 Å². The van der Waals surface area contributed by atoms with Gasteiger partial charge in [0.15, 0.2) is 0 Å². The fraction of sp³-hybridized carbons (Fsp3) is 0.800. The highest BCUT2D eigenvalue weighted by atomic mass is 15.3. The maximum atomic E-state index is 5.95.